The van der Waals surface area contributed by atoms with Crippen LogP contribution in [-0.4, -0.2) is 11.8 Å². The van der Waals surface area contributed by atoms with Gasteiger partial charge in [0, 0.05) is 21.2 Å². The van der Waals surface area contributed by atoms with Crippen molar-refractivity contribution < 1.29 is 4.39 Å². The predicted molar refractivity (Wildman–Crippen MR) is 90.8 cm³/mol. The highest BCUT2D eigenvalue weighted by molar-refractivity contribution is 9.10. The average Bonchev–Trinajstić information content (AvgIpc) is 2.44. The second kappa shape index (κ2) is 7.94. The van der Waals surface area contributed by atoms with Gasteiger partial charge in [0.25, 0.3) is 0 Å². The molecule has 2 aromatic rings. The average molecular weight is 369 g/mol. The summed E-state index contributed by atoms with van der Waals surface area (Å²) >= 11 is 5.07. The van der Waals surface area contributed by atoms with Gasteiger partial charge < -0.3 is 0 Å². The van der Waals surface area contributed by atoms with Crippen LogP contribution in [0.4, 0.5) is 4.39 Å². The van der Waals surface area contributed by atoms with Crippen LogP contribution in [0.5, 0.6) is 0 Å². The second-order valence-electron chi connectivity index (χ2n) is 4.92. The molecule has 0 bridgehead atoms. The Morgan fingerprint density at radius 3 is 2.71 bits per heavy atom. The Labute approximate surface area is 137 Å². The lowest BCUT2D eigenvalue weighted by Crippen LogP contribution is -2.38. The number of rotatable bonds is 6. The molecule has 2 rings (SSSR count). The summed E-state index contributed by atoms with van der Waals surface area (Å²) in [5.41, 5.74) is 5.00. The zero-order valence-corrected chi connectivity index (χ0v) is 14.2. The molecular formula is C16H18BrFN2S. The highest BCUT2D eigenvalue weighted by atomic mass is 79.9. The predicted octanol–water partition coefficient (Wildman–Crippen LogP) is 4.06. The van der Waals surface area contributed by atoms with E-state index in [4.69, 9.17) is 5.84 Å². The molecule has 0 aliphatic rings. The number of hydrogen-bond acceptors (Lipinski definition) is 3. The molecule has 0 aliphatic heterocycles. The van der Waals surface area contributed by atoms with Gasteiger partial charge in [-0.15, -0.1) is 11.8 Å². The minimum Gasteiger partial charge on any atom is -0.271 e. The number of benzene rings is 2. The van der Waals surface area contributed by atoms with Crippen LogP contribution in [0.3, 0.4) is 0 Å². The fourth-order valence-corrected chi connectivity index (χ4v) is 3.67. The summed E-state index contributed by atoms with van der Waals surface area (Å²) in [7, 11) is 0. The highest BCUT2D eigenvalue weighted by Crippen LogP contribution is 2.23. The van der Waals surface area contributed by atoms with Crippen molar-refractivity contribution in [2.24, 2.45) is 5.84 Å². The number of aryl methyl sites for hydroxylation is 1. The molecule has 0 aromatic heterocycles. The topological polar surface area (TPSA) is 38.0 Å². The molecule has 5 heteroatoms. The van der Waals surface area contributed by atoms with E-state index in [9.17, 15) is 4.39 Å². The molecule has 0 saturated heterocycles. The Balaban J connectivity index is 1.98. The van der Waals surface area contributed by atoms with Gasteiger partial charge in [0.1, 0.15) is 5.82 Å². The van der Waals surface area contributed by atoms with Crippen LogP contribution in [0.15, 0.2) is 51.8 Å². The highest BCUT2D eigenvalue weighted by Gasteiger charge is 2.10. The molecule has 1 unspecified atom stereocenters. The van der Waals surface area contributed by atoms with Crippen molar-refractivity contribution in [3.63, 3.8) is 0 Å². The third-order valence-corrected chi connectivity index (χ3v) is 4.97. The van der Waals surface area contributed by atoms with E-state index in [1.54, 1.807) is 17.8 Å². The molecule has 0 spiro atoms. The second-order valence-corrected chi connectivity index (χ2v) is 6.90. The van der Waals surface area contributed by atoms with Crippen LogP contribution in [0, 0.1) is 12.7 Å². The molecule has 0 fully saturated rings. The third kappa shape index (κ3) is 5.11. The SMILES string of the molecule is Cc1ccccc1SCC(Cc1cc(F)cc(Br)c1)NN. The first-order valence-corrected chi connectivity index (χ1v) is 8.46. The normalized spacial score (nSPS) is 12.4. The van der Waals surface area contributed by atoms with Gasteiger partial charge in [-0.2, -0.15) is 0 Å². The molecule has 0 amide bonds. The quantitative estimate of drug-likeness (QED) is 0.458. The molecule has 2 aromatic carbocycles. The summed E-state index contributed by atoms with van der Waals surface area (Å²) in [5, 5.41) is 0. The maximum absolute atomic E-state index is 13.4. The fourth-order valence-electron chi connectivity index (χ4n) is 2.09. The third-order valence-electron chi connectivity index (χ3n) is 3.17. The Morgan fingerprint density at radius 1 is 1.29 bits per heavy atom. The zero-order chi connectivity index (χ0) is 15.2. The first-order chi connectivity index (χ1) is 10.1. The van der Waals surface area contributed by atoms with E-state index in [1.165, 1.54) is 16.5 Å². The minimum absolute atomic E-state index is 0.0864. The van der Waals surface area contributed by atoms with Crippen LogP contribution in [0.1, 0.15) is 11.1 Å². The summed E-state index contributed by atoms with van der Waals surface area (Å²) < 4.78 is 14.1. The molecular weight excluding hydrogens is 351 g/mol. The van der Waals surface area contributed by atoms with Gasteiger partial charge in [-0.1, -0.05) is 34.1 Å². The zero-order valence-electron chi connectivity index (χ0n) is 11.8. The number of halogens is 2. The van der Waals surface area contributed by atoms with E-state index in [0.717, 1.165) is 15.8 Å². The molecule has 2 nitrogen and oxygen atoms in total. The van der Waals surface area contributed by atoms with E-state index < -0.39 is 0 Å². The van der Waals surface area contributed by atoms with Crippen LogP contribution in [-0.2, 0) is 6.42 Å². The Hall–Kier alpha value is -0.880. The maximum atomic E-state index is 13.4. The van der Waals surface area contributed by atoms with E-state index in [2.05, 4.69) is 40.4 Å². The minimum atomic E-state index is -0.235. The summed E-state index contributed by atoms with van der Waals surface area (Å²) in [6, 6.07) is 13.3. The summed E-state index contributed by atoms with van der Waals surface area (Å²) in [6.07, 6.45) is 0.686. The lowest BCUT2D eigenvalue weighted by atomic mass is 10.1. The first-order valence-electron chi connectivity index (χ1n) is 6.68. The van der Waals surface area contributed by atoms with Gasteiger partial charge in [-0.05, 0) is 48.7 Å². The van der Waals surface area contributed by atoms with E-state index in [0.29, 0.717) is 6.42 Å². The van der Waals surface area contributed by atoms with Crippen molar-refractivity contribution in [3.05, 3.63) is 63.9 Å². The standard InChI is InChI=1S/C16H18BrFN2S/c1-11-4-2-3-5-16(11)21-10-15(20-19)8-12-6-13(17)9-14(18)7-12/h2-7,9,15,20H,8,10,19H2,1H3. The number of hydrogen-bond donors (Lipinski definition) is 2. The van der Waals surface area contributed by atoms with Crippen molar-refractivity contribution in [3.8, 4) is 0 Å². The Morgan fingerprint density at radius 2 is 2.05 bits per heavy atom. The van der Waals surface area contributed by atoms with Gasteiger partial charge in [0.15, 0.2) is 0 Å². The van der Waals surface area contributed by atoms with Crippen LogP contribution >= 0.6 is 27.7 Å². The number of nitrogens with two attached hydrogens (primary N) is 1. The lowest BCUT2D eigenvalue weighted by Gasteiger charge is -2.16. The van der Waals surface area contributed by atoms with Gasteiger partial charge in [-0.25, -0.2) is 4.39 Å². The molecule has 0 aliphatic carbocycles. The van der Waals surface area contributed by atoms with Gasteiger partial charge in [-0.3, -0.25) is 11.3 Å². The van der Waals surface area contributed by atoms with Crippen LogP contribution in [0.2, 0.25) is 0 Å². The van der Waals surface area contributed by atoms with Crippen molar-refractivity contribution in [1.82, 2.24) is 5.43 Å². The van der Waals surface area contributed by atoms with Crippen molar-refractivity contribution >= 4 is 27.7 Å². The Kier molecular flexibility index (Phi) is 6.23. The molecule has 3 N–H and O–H groups in total. The summed E-state index contributed by atoms with van der Waals surface area (Å²) in [5.74, 6) is 6.22. The number of thioether (sulfide) groups is 1. The number of nitrogens with one attached hydrogen (secondary N) is 1. The maximum Gasteiger partial charge on any atom is 0.124 e. The molecule has 0 heterocycles. The Bertz CT molecular complexity index is 586. The largest absolute Gasteiger partial charge is 0.271 e. The van der Waals surface area contributed by atoms with E-state index in [1.807, 2.05) is 18.2 Å². The van der Waals surface area contributed by atoms with Crippen LogP contribution < -0.4 is 11.3 Å². The fraction of sp³-hybridized carbons (Fsp3) is 0.250. The molecule has 21 heavy (non-hydrogen) atoms. The number of hydrazine groups is 1. The summed E-state index contributed by atoms with van der Waals surface area (Å²) in [6.45, 7) is 2.09. The van der Waals surface area contributed by atoms with Crippen molar-refractivity contribution in [2.75, 3.05) is 5.75 Å². The summed E-state index contributed by atoms with van der Waals surface area (Å²) in [4.78, 5) is 1.25. The molecule has 1 atom stereocenters. The smallest absolute Gasteiger partial charge is 0.124 e. The van der Waals surface area contributed by atoms with Crippen LogP contribution in [0.25, 0.3) is 0 Å². The molecule has 0 radical (unpaired) electrons. The van der Waals surface area contributed by atoms with E-state index in [-0.39, 0.29) is 11.9 Å². The first kappa shape index (κ1) is 16.5. The molecule has 0 saturated carbocycles. The van der Waals surface area contributed by atoms with Crippen molar-refractivity contribution in [2.45, 2.75) is 24.3 Å². The van der Waals surface area contributed by atoms with Gasteiger partial charge >= 0.3 is 0 Å². The van der Waals surface area contributed by atoms with Crippen molar-refractivity contribution in [1.29, 1.82) is 0 Å². The molecule has 112 valence electrons. The van der Waals surface area contributed by atoms with Gasteiger partial charge in [0.05, 0.1) is 0 Å². The lowest BCUT2D eigenvalue weighted by molar-refractivity contribution is 0.570. The monoisotopic (exact) mass is 368 g/mol. The van der Waals surface area contributed by atoms with Gasteiger partial charge in [0.2, 0.25) is 0 Å². The van der Waals surface area contributed by atoms with E-state index >= 15 is 0 Å².